The Morgan fingerprint density at radius 1 is 1.22 bits per heavy atom. The Balaban J connectivity index is 1.42. The van der Waals surface area contributed by atoms with Crippen LogP contribution in [0.15, 0.2) is 57.4 Å². The van der Waals surface area contributed by atoms with E-state index in [1.165, 1.54) is 11.8 Å². The minimum absolute atomic E-state index is 0.0194. The van der Waals surface area contributed by atoms with Crippen LogP contribution in [0.3, 0.4) is 0 Å². The molecule has 27 heavy (non-hydrogen) atoms. The van der Waals surface area contributed by atoms with Crippen molar-refractivity contribution in [3.05, 3.63) is 53.3 Å². The average Bonchev–Trinajstić information content (AvgIpc) is 3.42. The van der Waals surface area contributed by atoms with Crippen molar-refractivity contribution in [2.75, 3.05) is 10.7 Å². The molecule has 0 atom stereocenters. The number of H-pyrrole nitrogens is 1. The van der Waals surface area contributed by atoms with E-state index in [1.807, 2.05) is 42.5 Å². The van der Waals surface area contributed by atoms with Gasteiger partial charge in [-0.15, -0.1) is 5.10 Å². The lowest BCUT2D eigenvalue weighted by Crippen LogP contribution is -2.30. The molecule has 0 saturated heterocycles. The Bertz CT molecular complexity index is 1030. The summed E-state index contributed by atoms with van der Waals surface area (Å²) in [5.41, 5.74) is 1.71. The number of thioether (sulfide) groups is 1. The molecule has 1 aliphatic heterocycles. The normalized spacial score (nSPS) is 15.4. The number of rotatable bonds is 4. The van der Waals surface area contributed by atoms with Crippen LogP contribution in [-0.4, -0.2) is 26.8 Å². The summed E-state index contributed by atoms with van der Waals surface area (Å²) in [5.74, 6) is 1.69. The fraction of sp³-hybridized carbons (Fsp3) is 0.211. The summed E-state index contributed by atoms with van der Waals surface area (Å²) in [6.45, 7) is 0. The Morgan fingerprint density at radius 3 is 2.89 bits per heavy atom. The van der Waals surface area contributed by atoms with Crippen molar-refractivity contribution in [3.8, 4) is 0 Å². The van der Waals surface area contributed by atoms with Gasteiger partial charge in [0.2, 0.25) is 11.1 Å². The second-order valence-corrected chi connectivity index (χ2v) is 8.94. The molecule has 1 N–H and O–H groups in total. The molecular formula is C19H15ClN4OS2. The molecule has 1 aliphatic carbocycles. The van der Waals surface area contributed by atoms with Crippen molar-refractivity contribution in [2.45, 2.75) is 33.7 Å². The highest BCUT2D eigenvalue weighted by Crippen LogP contribution is 2.49. The lowest BCUT2D eigenvalue weighted by atomic mass is 10.2. The molecular weight excluding hydrogens is 400 g/mol. The number of benzene rings is 2. The number of aromatic amines is 1. The quantitative estimate of drug-likeness (QED) is 0.590. The van der Waals surface area contributed by atoms with Crippen LogP contribution in [0.25, 0.3) is 0 Å². The van der Waals surface area contributed by atoms with E-state index in [1.54, 1.807) is 16.7 Å². The molecule has 1 fully saturated rings. The standard InChI is InChI=1S/C19H15ClN4OS2/c20-12-7-8-16-14(9-12)24(13-3-1-2-4-15(13)27-16)17(25)10-26-19-21-18(22-23-19)11-5-6-11/h1-4,7-9,11H,5-6,10H2,(H,21,22,23). The van der Waals surface area contributed by atoms with Crippen molar-refractivity contribution in [3.63, 3.8) is 0 Å². The summed E-state index contributed by atoms with van der Waals surface area (Å²) in [5, 5.41) is 8.44. The summed E-state index contributed by atoms with van der Waals surface area (Å²) in [7, 11) is 0. The number of carbonyl (C=O) groups is 1. The zero-order valence-electron chi connectivity index (χ0n) is 14.2. The summed E-state index contributed by atoms with van der Waals surface area (Å²) in [6, 6.07) is 13.6. The molecule has 0 unspecified atom stereocenters. The SMILES string of the molecule is O=C(CSc1n[nH]c(C2CC2)n1)N1c2ccccc2Sc2ccc(Cl)cc21. The summed E-state index contributed by atoms with van der Waals surface area (Å²) < 4.78 is 0. The van der Waals surface area contributed by atoms with Crippen LogP contribution in [0.4, 0.5) is 11.4 Å². The van der Waals surface area contributed by atoms with Crippen LogP contribution in [-0.2, 0) is 4.79 Å². The van der Waals surface area contributed by atoms with Crippen LogP contribution in [0.2, 0.25) is 5.02 Å². The molecule has 8 heteroatoms. The maximum Gasteiger partial charge on any atom is 0.242 e. The zero-order valence-corrected chi connectivity index (χ0v) is 16.6. The van der Waals surface area contributed by atoms with Gasteiger partial charge >= 0.3 is 0 Å². The van der Waals surface area contributed by atoms with Crippen LogP contribution < -0.4 is 4.90 Å². The van der Waals surface area contributed by atoms with E-state index >= 15 is 0 Å². The van der Waals surface area contributed by atoms with E-state index in [-0.39, 0.29) is 11.7 Å². The highest BCUT2D eigenvalue weighted by Gasteiger charge is 2.30. The van der Waals surface area contributed by atoms with Gasteiger partial charge in [0.05, 0.1) is 17.1 Å². The van der Waals surface area contributed by atoms with Gasteiger partial charge in [0.1, 0.15) is 5.82 Å². The van der Waals surface area contributed by atoms with Crippen LogP contribution >= 0.6 is 35.1 Å². The predicted octanol–water partition coefficient (Wildman–Crippen LogP) is 5.26. The number of anilines is 2. The zero-order chi connectivity index (χ0) is 18.4. The van der Waals surface area contributed by atoms with Crippen LogP contribution in [0.1, 0.15) is 24.6 Å². The number of aromatic nitrogens is 3. The summed E-state index contributed by atoms with van der Waals surface area (Å²) >= 11 is 9.22. The van der Waals surface area contributed by atoms with Gasteiger partial charge in [-0.2, -0.15) is 0 Å². The third-order valence-electron chi connectivity index (χ3n) is 4.51. The van der Waals surface area contributed by atoms with Gasteiger partial charge in [-0.3, -0.25) is 14.8 Å². The minimum Gasteiger partial charge on any atom is -0.278 e. The highest BCUT2D eigenvalue weighted by molar-refractivity contribution is 8.00. The molecule has 5 rings (SSSR count). The number of fused-ring (bicyclic) bond motifs is 2. The van der Waals surface area contributed by atoms with Crippen molar-refractivity contribution < 1.29 is 4.79 Å². The van der Waals surface area contributed by atoms with E-state index in [9.17, 15) is 4.79 Å². The van der Waals surface area contributed by atoms with Crippen LogP contribution in [0, 0.1) is 0 Å². The first-order valence-electron chi connectivity index (χ1n) is 8.63. The smallest absolute Gasteiger partial charge is 0.242 e. The molecule has 0 radical (unpaired) electrons. The second-order valence-electron chi connectivity index (χ2n) is 6.48. The van der Waals surface area contributed by atoms with Gasteiger partial charge in [-0.05, 0) is 43.2 Å². The Morgan fingerprint density at radius 2 is 2.04 bits per heavy atom. The lowest BCUT2D eigenvalue weighted by Gasteiger charge is -2.31. The van der Waals surface area contributed by atoms with E-state index in [0.29, 0.717) is 16.1 Å². The average molecular weight is 415 g/mol. The van der Waals surface area contributed by atoms with E-state index in [2.05, 4.69) is 15.2 Å². The Hall–Kier alpha value is -1.96. The summed E-state index contributed by atoms with van der Waals surface area (Å²) in [6.07, 6.45) is 2.33. The molecule has 1 aromatic heterocycles. The van der Waals surface area contributed by atoms with Gasteiger partial charge in [0.15, 0.2) is 0 Å². The Labute approximate surface area is 169 Å². The van der Waals surface area contributed by atoms with Crippen molar-refractivity contribution in [1.29, 1.82) is 0 Å². The number of halogens is 1. The van der Waals surface area contributed by atoms with E-state index in [4.69, 9.17) is 11.6 Å². The number of hydrogen-bond donors (Lipinski definition) is 1. The molecule has 0 spiro atoms. The first-order valence-corrected chi connectivity index (χ1v) is 10.8. The lowest BCUT2D eigenvalue weighted by molar-refractivity contribution is -0.115. The molecule has 1 amide bonds. The molecule has 2 aliphatic rings. The third-order valence-corrected chi connectivity index (χ3v) is 6.71. The third kappa shape index (κ3) is 3.35. The fourth-order valence-corrected chi connectivity index (χ4v) is 4.91. The second kappa shape index (κ2) is 6.89. The molecule has 1 saturated carbocycles. The predicted molar refractivity (Wildman–Crippen MR) is 108 cm³/mol. The van der Waals surface area contributed by atoms with Gasteiger partial charge in [-0.1, -0.05) is 47.3 Å². The number of amides is 1. The monoisotopic (exact) mass is 414 g/mol. The minimum atomic E-state index is -0.0194. The van der Waals surface area contributed by atoms with Gasteiger partial charge in [0, 0.05) is 20.7 Å². The number of para-hydroxylation sites is 1. The summed E-state index contributed by atoms with van der Waals surface area (Å²) in [4.78, 5) is 21.5. The van der Waals surface area contributed by atoms with Crippen molar-refractivity contribution in [1.82, 2.24) is 15.2 Å². The van der Waals surface area contributed by atoms with Crippen LogP contribution in [0.5, 0.6) is 0 Å². The van der Waals surface area contributed by atoms with Gasteiger partial charge in [-0.25, -0.2) is 4.98 Å². The molecule has 2 heterocycles. The highest BCUT2D eigenvalue weighted by atomic mass is 35.5. The molecule has 5 nitrogen and oxygen atoms in total. The molecule has 0 bridgehead atoms. The largest absolute Gasteiger partial charge is 0.278 e. The maximum absolute atomic E-state index is 13.1. The van der Waals surface area contributed by atoms with E-state index < -0.39 is 0 Å². The van der Waals surface area contributed by atoms with Crippen molar-refractivity contribution >= 4 is 52.4 Å². The number of hydrogen-bond acceptors (Lipinski definition) is 5. The first kappa shape index (κ1) is 17.2. The van der Waals surface area contributed by atoms with Gasteiger partial charge < -0.3 is 0 Å². The first-order chi connectivity index (χ1) is 13.2. The number of nitrogens with zero attached hydrogens (tertiary/aromatic N) is 3. The van der Waals surface area contributed by atoms with Gasteiger partial charge in [0.25, 0.3) is 0 Å². The Kier molecular flexibility index (Phi) is 4.38. The number of carbonyl (C=O) groups excluding carboxylic acids is 1. The van der Waals surface area contributed by atoms with E-state index in [0.717, 1.165) is 39.8 Å². The number of nitrogens with one attached hydrogen (secondary N) is 1. The molecule has 136 valence electrons. The molecule has 3 aromatic rings. The molecule has 2 aromatic carbocycles. The topological polar surface area (TPSA) is 61.9 Å². The fourth-order valence-electron chi connectivity index (χ4n) is 3.05. The van der Waals surface area contributed by atoms with Crippen molar-refractivity contribution in [2.24, 2.45) is 0 Å². The maximum atomic E-state index is 13.1.